The molecule has 4 rings (SSSR count). The smallest absolute Gasteiger partial charge is 0.196 e. The monoisotopic (exact) mass is 468 g/mol. The maximum atomic E-state index is 5.22. The highest BCUT2D eigenvalue weighted by Gasteiger charge is 2.18. The molecule has 29 heavy (non-hydrogen) atoms. The molecule has 0 bridgehead atoms. The fourth-order valence-corrected chi connectivity index (χ4v) is 4.05. The summed E-state index contributed by atoms with van der Waals surface area (Å²) in [6.45, 7) is 6.64. The minimum atomic E-state index is 0.107. The van der Waals surface area contributed by atoms with E-state index in [9.17, 15) is 0 Å². The van der Waals surface area contributed by atoms with Gasteiger partial charge in [0.15, 0.2) is 11.0 Å². The quantitative estimate of drug-likeness (QED) is 0.322. The van der Waals surface area contributed by atoms with E-state index in [1.165, 1.54) is 5.56 Å². The summed E-state index contributed by atoms with van der Waals surface area (Å²) in [4.78, 5) is 0. The first kappa shape index (κ1) is 19.9. The Morgan fingerprint density at radius 2 is 1.69 bits per heavy atom. The number of rotatable bonds is 5. The van der Waals surface area contributed by atoms with E-state index in [1.54, 1.807) is 18.0 Å². The molecule has 0 N–H and O–H groups in total. The van der Waals surface area contributed by atoms with Gasteiger partial charge in [0.05, 0.1) is 11.9 Å². The summed E-state index contributed by atoms with van der Waals surface area (Å²) in [5.74, 6) is 2.25. The van der Waals surface area contributed by atoms with E-state index in [-0.39, 0.29) is 5.41 Å². The van der Waals surface area contributed by atoms with Crippen molar-refractivity contribution in [1.29, 1.82) is 0 Å². The number of thioether (sulfide) groups is 1. The Balaban J connectivity index is 1.74. The van der Waals surface area contributed by atoms with Gasteiger partial charge in [0, 0.05) is 21.8 Å². The number of benzene rings is 2. The zero-order valence-electron chi connectivity index (χ0n) is 16.5. The fraction of sp³-hybridized carbons (Fsp3) is 0.227. The molecule has 0 radical (unpaired) electrons. The normalized spacial score (nSPS) is 11.7. The van der Waals surface area contributed by atoms with Crippen LogP contribution in [0.15, 0.2) is 74.9 Å². The highest BCUT2D eigenvalue weighted by atomic mass is 79.9. The summed E-state index contributed by atoms with van der Waals surface area (Å²) in [6, 6.07) is 18.6. The predicted octanol–water partition coefficient (Wildman–Crippen LogP) is 6.27. The van der Waals surface area contributed by atoms with Crippen LogP contribution >= 0.6 is 27.7 Å². The lowest BCUT2D eigenvalue weighted by atomic mass is 9.87. The van der Waals surface area contributed by atoms with Crippen molar-refractivity contribution in [2.45, 2.75) is 37.1 Å². The molecule has 0 aliphatic heterocycles. The molecule has 2 heterocycles. The van der Waals surface area contributed by atoms with Crippen molar-refractivity contribution in [2.24, 2.45) is 0 Å². The van der Waals surface area contributed by atoms with E-state index in [4.69, 9.17) is 4.52 Å². The fourth-order valence-electron chi connectivity index (χ4n) is 2.94. The molecule has 0 aliphatic rings. The topological polar surface area (TPSA) is 56.7 Å². The second-order valence-electron chi connectivity index (χ2n) is 7.71. The molecular formula is C22H21BrN4OS. The van der Waals surface area contributed by atoms with Crippen molar-refractivity contribution in [3.8, 4) is 17.1 Å². The van der Waals surface area contributed by atoms with Gasteiger partial charge >= 0.3 is 0 Å². The van der Waals surface area contributed by atoms with Crippen LogP contribution in [-0.2, 0) is 11.2 Å². The predicted molar refractivity (Wildman–Crippen MR) is 119 cm³/mol. The minimum absolute atomic E-state index is 0.107. The number of hydrogen-bond donors (Lipinski definition) is 0. The van der Waals surface area contributed by atoms with E-state index >= 15 is 0 Å². The van der Waals surface area contributed by atoms with E-state index in [0.29, 0.717) is 5.75 Å². The Kier molecular flexibility index (Phi) is 5.61. The molecule has 148 valence electrons. The van der Waals surface area contributed by atoms with E-state index < -0.39 is 0 Å². The maximum absolute atomic E-state index is 5.22. The first-order valence-corrected chi connectivity index (χ1v) is 11.0. The van der Waals surface area contributed by atoms with Crippen molar-refractivity contribution in [3.63, 3.8) is 0 Å². The lowest BCUT2D eigenvalue weighted by molar-refractivity contribution is 0.395. The van der Waals surface area contributed by atoms with Crippen LogP contribution in [-0.4, -0.2) is 19.9 Å². The summed E-state index contributed by atoms with van der Waals surface area (Å²) >= 11 is 5.08. The maximum Gasteiger partial charge on any atom is 0.196 e. The van der Waals surface area contributed by atoms with Crippen LogP contribution in [0.1, 0.15) is 32.1 Å². The van der Waals surface area contributed by atoms with Gasteiger partial charge in [-0.2, -0.15) is 0 Å². The van der Waals surface area contributed by atoms with Gasteiger partial charge in [-0.25, -0.2) is 0 Å². The third kappa shape index (κ3) is 4.46. The summed E-state index contributed by atoms with van der Waals surface area (Å²) in [6.07, 6.45) is 1.65. The third-order valence-corrected chi connectivity index (χ3v) is 6.04. The molecule has 2 aromatic heterocycles. The van der Waals surface area contributed by atoms with Gasteiger partial charge in [-0.1, -0.05) is 77.9 Å². The Morgan fingerprint density at radius 3 is 2.31 bits per heavy atom. The van der Waals surface area contributed by atoms with Gasteiger partial charge in [0.25, 0.3) is 0 Å². The van der Waals surface area contributed by atoms with Crippen molar-refractivity contribution in [1.82, 2.24) is 19.9 Å². The SMILES string of the molecule is CC(C)(C)c1ccc(-c2nnc(SCc3ccno3)n2-c2ccc(Br)cc2)cc1. The average molecular weight is 469 g/mol. The van der Waals surface area contributed by atoms with Crippen LogP contribution in [0.2, 0.25) is 0 Å². The van der Waals surface area contributed by atoms with Crippen LogP contribution in [0.4, 0.5) is 0 Å². The van der Waals surface area contributed by atoms with Crippen molar-refractivity contribution < 1.29 is 4.52 Å². The van der Waals surface area contributed by atoms with Gasteiger partial charge < -0.3 is 4.52 Å². The lowest BCUT2D eigenvalue weighted by Crippen LogP contribution is -2.10. The van der Waals surface area contributed by atoms with Crippen LogP contribution in [0, 0.1) is 0 Å². The molecule has 0 saturated heterocycles. The zero-order valence-corrected chi connectivity index (χ0v) is 18.9. The number of nitrogens with zero attached hydrogens (tertiary/aromatic N) is 4. The van der Waals surface area contributed by atoms with Crippen LogP contribution in [0.25, 0.3) is 17.1 Å². The number of aromatic nitrogens is 4. The summed E-state index contributed by atoms with van der Waals surface area (Å²) in [7, 11) is 0. The molecule has 0 fully saturated rings. The highest BCUT2D eigenvalue weighted by molar-refractivity contribution is 9.10. The molecule has 5 nitrogen and oxygen atoms in total. The average Bonchev–Trinajstić information content (AvgIpc) is 3.36. The van der Waals surface area contributed by atoms with Crippen LogP contribution in [0.3, 0.4) is 0 Å². The van der Waals surface area contributed by atoms with Gasteiger partial charge in [0.1, 0.15) is 5.76 Å². The summed E-state index contributed by atoms with van der Waals surface area (Å²) < 4.78 is 8.33. The Bertz CT molecular complexity index is 1080. The standard InChI is InChI=1S/C22H21BrN4OS/c1-22(2,3)16-6-4-15(5-7-16)20-25-26-21(29-14-19-12-13-24-28-19)27(20)18-10-8-17(23)9-11-18/h4-13H,14H2,1-3H3. The Labute approximate surface area is 182 Å². The molecule has 4 aromatic rings. The van der Waals surface area contributed by atoms with Crippen molar-refractivity contribution in [2.75, 3.05) is 0 Å². The van der Waals surface area contributed by atoms with Gasteiger partial charge in [-0.15, -0.1) is 10.2 Å². The van der Waals surface area contributed by atoms with Crippen molar-refractivity contribution >= 4 is 27.7 Å². The molecule has 2 aromatic carbocycles. The van der Waals surface area contributed by atoms with E-state index in [1.807, 2.05) is 18.2 Å². The third-order valence-electron chi connectivity index (χ3n) is 4.56. The second kappa shape index (κ2) is 8.16. The van der Waals surface area contributed by atoms with Crippen LogP contribution < -0.4 is 0 Å². The molecule has 0 spiro atoms. The van der Waals surface area contributed by atoms with Crippen molar-refractivity contribution in [3.05, 3.63) is 76.6 Å². The van der Waals surface area contributed by atoms with Crippen LogP contribution in [0.5, 0.6) is 0 Å². The van der Waals surface area contributed by atoms with E-state index in [2.05, 4.69) is 93.0 Å². The molecule has 0 unspecified atom stereocenters. The zero-order chi connectivity index (χ0) is 20.4. The highest BCUT2D eigenvalue weighted by Crippen LogP contribution is 2.31. The van der Waals surface area contributed by atoms with Gasteiger partial charge in [-0.05, 0) is 35.2 Å². The number of hydrogen-bond acceptors (Lipinski definition) is 5. The molecule has 0 saturated carbocycles. The lowest BCUT2D eigenvalue weighted by Gasteiger charge is -2.19. The second-order valence-corrected chi connectivity index (χ2v) is 9.57. The minimum Gasteiger partial charge on any atom is -0.361 e. The Morgan fingerprint density at radius 1 is 0.966 bits per heavy atom. The first-order valence-electron chi connectivity index (χ1n) is 9.26. The van der Waals surface area contributed by atoms with Gasteiger partial charge in [-0.3, -0.25) is 4.57 Å². The molecule has 0 aliphatic carbocycles. The van der Waals surface area contributed by atoms with E-state index in [0.717, 1.165) is 32.5 Å². The number of halogens is 1. The summed E-state index contributed by atoms with van der Waals surface area (Å²) in [5.41, 5.74) is 3.43. The molecule has 0 atom stereocenters. The molecular weight excluding hydrogens is 448 g/mol. The molecule has 7 heteroatoms. The first-order chi connectivity index (χ1) is 13.9. The van der Waals surface area contributed by atoms with Gasteiger partial charge in [0.2, 0.25) is 0 Å². The largest absolute Gasteiger partial charge is 0.361 e. The Hall–Kier alpha value is -2.38. The molecule has 0 amide bonds. The summed E-state index contributed by atoms with van der Waals surface area (Å²) in [5, 5.41) is 13.5.